The van der Waals surface area contributed by atoms with Crippen LogP contribution in [0, 0.1) is 0 Å². The largest absolute Gasteiger partial charge is 0.496 e. The quantitative estimate of drug-likeness (QED) is 0.678. The molecule has 0 saturated heterocycles. The summed E-state index contributed by atoms with van der Waals surface area (Å²) in [6.45, 7) is 1.81. The molecule has 108 valence electrons. The van der Waals surface area contributed by atoms with E-state index in [1.54, 1.807) is 7.11 Å². The van der Waals surface area contributed by atoms with E-state index < -0.39 is 0 Å². The van der Waals surface area contributed by atoms with Crippen molar-refractivity contribution in [2.45, 2.75) is 13.0 Å². The van der Waals surface area contributed by atoms with Crippen molar-refractivity contribution in [3.8, 4) is 5.75 Å². The number of H-pyrrole nitrogens is 1. The zero-order valence-corrected chi connectivity index (χ0v) is 12.2. The highest BCUT2D eigenvalue weighted by atomic mass is 16.5. The second kappa shape index (κ2) is 6.46. The van der Waals surface area contributed by atoms with Gasteiger partial charge in [-0.25, -0.2) is 0 Å². The van der Waals surface area contributed by atoms with Crippen LogP contribution < -0.4 is 10.1 Å². The Morgan fingerprint density at radius 2 is 2.00 bits per heavy atom. The highest BCUT2D eigenvalue weighted by Crippen LogP contribution is 2.17. The summed E-state index contributed by atoms with van der Waals surface area (Å²) in [5.41, 5.74) is 3.73. The van der Waals surface area contributed by atoms with Crippen LogP contribution in [-0.4, -0.2) is 18.6 Å². The minimum atomic E-state index is 0.879. The molecule has 0 fully saturated rings. The number of aromatic nitrogens is 1. The van der Waals surface area contributed by atoms with Crippen molar-refractivity contribution in [3.63, 3.8) is 0 Å². The summed E-state index contributed by atoms with van der Waals surface area (Å²) in [5.74, 6) is 0.965. The van der Waals surface area contributed by atoms with Gasteiger partial charge in [0.15, 0.2) is 0 Å². The van der Waals surface area contributed by atoms with Crippen LogP contribution in [0.25, 0.3) is 10.9 Å². The summed E-state index contributed by atoms with van der Waals surface area (Å²) in [5, 5.41) is 4.75. The van der Waals surface area contributed by atoms with Gasteiger partial charge in [-0.3, -0.25) is 0 Å². The number of nitrogens with one attached hydrogen (secondary N) is 2. The molecule has 0 saturated carbocycles. The van der Waals surface area contributed by atoms with E-state index in [2.05, 4.69) is 46.7 Å². The standard InChI is InChI=1S/C18H20N2O/c1-21-18-5-3-2-4-16(18)8-10-19-13-14-6-7-15-9-11-20-17(15)12-14/h2-7,9,11-12,19-20H,8,10,13H2,1H3. The van der Waals surface area contributed by atoms with Gasteiger partial charge in [0.2, 0.25) is 0 Å². The lowest BCUT2D eigenvalue weighted by molar-refractivity contribution is 0.409. The maximum absolute atomic E-state index is 5.37. The third-order valence-electron chi connectivity index (χ3n) is 3.71. The number of ether oxygens (including phenoxy) is 1. The Morgan fingerprint density at radius 3 is 2.90 bits per heavy atom. The van der Waals surface area contributed by atoms with Crippen LogP contribution in [-0.2, 0) is 13.0 Å². The molecule has 2 aromatic carbocycles. The SMILES string of the molecule is COc1ccccc1CCNCc1ccc2cc[nH]c2c1. The van der Waals surface area contributed by atoms with Crippen molar-refractivity contribution in [2.75, 3.05) is 13.7 Å². The van der Waals surface area contributed by atoms with Gasteiger partial charge in [0, 0.05) is 18.3 Å². The average molecular weight is 280 g/mol. The summed E-state index contributed by atoms with van der Waals surface area (Å²) < 4.78 is 5.37. The predicted octanol–water partition coefficient (Wildman–Crippen LogP) is 3.51. The minimum Gasteiger partial charge on any atom is -0.496 e. The molecule has 3 heteroatoms. The number of hydrogen-bond donors (Lipinski definition) is 2. The Balaban J connectivity index is 1.54. The lowest BCUT2D eigenvalue weighted by atomic mass is 10.1. The van der Waals surface area contributed by atoms with E-state index in [0.29, 0.717) is 0 Å². The molecule has 3 rings (SSSR count). The van der Waals surface area contributed by atoms with Gasteiger partial charge < -0.3 is 15.0 Å². The van der Waals surface area contributed by atoms with Crippen LogP contribution in [0.4, 0.5) is 0 Å². The lowest BCUT2D eigenvalue weighted by Crippen LogP contribution is -2.16. The van der Waals surface area contributed by atoms with Crippen molar-refractivity contribution >= 4 is 10.9 Å². The van der Waals surface area contributed by atoms with E-state index in [0.717, 1.165) is 25.3 Å². The van der Waals surface area contributed by atoms with Gasteiger partial charge in [0.25, 0.3) is 0 Å². The molecule has 0 amide bonds. The molecule has 0 unspecified atom stereocenters. The Morgan fingerprint density at radius 1 is 1.10 bits per heavy atom. The van der Waals surface area contributed by atoms with E-state index in [4.69, 9.17) is 4.74 Å². The molecule has 1 aromatic heterocycles. The van der Waals surface area contributed by atoms with Gasteiger partial charge >= 0.3 is 0 Å². The molecule has 0 atom stereocenters. The molecule has 0 radical (unpaired) electrons. The van der Waals surface area contributed by atoms with Crippen LogP contribution in [0.2, 0.25) is 0 Å². The zero-order valence-electron chi connectivity index (χ0n) is 12.2. The fourth-order valence-electron chi connectivity index (χ4n) is 2.57. The highest BCUT2D eigenvalue weighted by Gasteiger charge is 2.01. The molecule has 0 aliphatic rings. The topological polar surface area (TPSA) is 37.0 Å². The van der Waals surface area contributed by atoms with Crippen molar-refractivity contribution in [1.82, 2.24) is 10.3 Å². The van der Waals surface area contributed by atoms with Crippen LogP contribution in [0.3, 0.4) is 0 Å². The van der Waals surface area contributed by atoms with Crippen molar-refractivity contribution in [1.29, 1.82) is 0 Å². The Kier molecular flexibility index (Phi) is 4.22. The summed E-state index contributed by atoms with van der Waals surface area (Å²) in [4.78, 5) is 3.25. The third kappa shape index (κ3) is 3.26. The molecular formula is C18H20N2O. The van der Waals surface area contributed by atoms with Gasteiger partial charge in [-0.15, -0.1) is 0 Å². The molecule has 0 spiro atoms. The van der Waals surface area contributed by atoms with Gasteiger partial charge in [0.05, 0.1) is 7.11 Å². The summed E-state index contributed by atoms with van der Waals surface area (Å²) in [6, 6.07) is 16.8. The maximum atomic E-state index is 5.37. The van der Waals surface area contributed by atoms with Crippen LogP contribution >= 0.6 is 0 Å². The molecule has 21 heavy (non-hydrogen) atoms. The molecule has 0 bridgehead atoms. The number of rotatable bonds is 6. The molecule has 0 aliphatic carbocycles. The number of fused-ring (bicyclic) bond motifs is 1. The van der Waals surface area contributed by atoms with Crippen molar-refractivity contribution < 1.29 is 4.74 Å². The second-order valence-corrected chi connectivity index (χ2v) is 5.14. The second-order valence-electron chi connectivity index (χ2n) is 5.14. The first-order valence-electron chi connectivity index (χ1n) is 7.25. The predicted molar refractivity (Wildman–Crippen MR) is 86.7 cm³/mol. The van der Waals surface area contributed by atoms with Crippen molar-refractivity contribution in [2.24, 2.45) is 0 Å². The lowest BCUT2D eigenvalue weighted by Gasteiger charge is -2.09. The Hall–Kier alpha value is -2.26. The van der Waals surface area contributed by atoms with E-state index in [-0.39, 0.29) is 0 Å². The monoisotopic (exact) mass is 280 g/mol. The average Bonchev–Trinajstić information content (AvgIpc) is 2.99. The van der Waals surface area contributed by atoms with Gasteiger partial charge in [-0.05, 0) is 47.7 Å². The third-order valence-corrected chi connectivity index (χ3v) is 3.71. The highest BCUT2D eigenvalue weighted by molar-refractivity contribution is 5.79. The first-order chi connectivity index (χ1) is 10.4. The zero-order chi connectivity index (χ0) is 14.5. The Labute approximate surface area is 125 Å². The van der Waals surface area contributed by atoms with E-state index in [1.807, 2.05) is 18.3 Å². The number of para-hydroxylation sites is 1. The van der Waals surface area contributed by atoms with Crippen molar-refractivity contribution in [3.05, 3.63) is 65.9 Å². The maximum Gasteiger partial charge on any atom is 0.122 e. The fraction of sp³-hybridized carbons (Fsp3) is 0.222. The molecule has 2 N–H and O–H groups in total. The van der Waals surface area contributed by atoms with Gasteiger partial charge in [-0.2, -0.15) is 0 Å². The molecule has 3 aromatic rings. The Bertz CT molecular complexity index is 718. The summed E-state index contributed by atoms with van der Waals surface area (Å²) in [6.07, 6.45) is 2.94. The van der Waals surface area contributed by atoms with E-state index in [1.165, 1.54) is 22.0 Å². The number of hydrogen-bond acceptors (Lipinski definition) is 2. The van der Waals surface area contributed by atoms with E-state index in [9.17, 15) is 0 Å². The van der Waals surface area contributed by atoms with Gasteiger partial charge in [0.1, 0.15) is 5.75 Å². The van der Waals surface area contributed by atoms with Crippen LogP contribution in [0.1, 0.15) is 11.1 Å². The number of methoxy groups -OCH3 is 1. The van der Waals surface area contributed by atoms with Gasteiger partial charge in [-0.1, -0.05) is 30.3 Å². The first-order valence-corrected chi connectivity index (χ1v) is 7.25. The molecule has 3 nitrogen and oxygen atoms in total. The number of aromatic amines is 1. The fourth-order valence-corrected chi connectivity index (χ4v) is 2.57. The molecular weight excluding hydrogens is 260 g/mol. The van der Waals surface area contributed by atoms with Crippen LogP contribution in [0.5, 0.6) is 5.75 Å². The molecule has 0 aliphatic heterocycles. The van der Waals surface area contributed by atoms with Crippen LogP contribution in [0.15, 0.2) is 54.7 Å². The van der Waals surface area contributed by atoms with E-state index >= 15 is 0 Å². The number of benzene rings is 2. The minimum absolute atomic E-state index is 0.879. The summed E-state index contributed by atoms with van der Waals surface area (Å²) >= 11 is 0. The summed E-state index contributed by atoms with van der Waals surface area (Å²) in [7, 11) is 1.72. The smallest absolute Gasteiger partial charge is 0.122 e. The first kappa shape index (κ1) is 13.7. The normalized spacial score (nSPS) is 10.9. The molecule has 1 heterocycles.